The van der Waals surface area contributed by atoms with Gasteiger partial charge in [-0.1, -0.05) is 0 Å². The lowest BCUT2D eigenvalue weighted by molar-refractivity contribution is 0.580. The Morgan fingerprint density at radius 3 is 2.67 bits per heavy atom. The van der Waals surface area contributed by atoms with E-state index in [9.17, 15) is 0 Å². The van der Waals surface area contributed by atoms with E-state index in [2.05, 4.69) is 24.9 Å². The summed E-state index contributed by atoms with van der Waals surface area (Å²) in [6.45, 7) is 4.14. The molecular formula is C10H11NO. The highest BCUT2D eigenvalue weighted by Gasteiger charge is 2.04. The van der Waals surface area contributed by atoms with Gasteiger partial charge in [-0.05, 0) is 37.6 Å². The third kappa shape index (κ3) is 1.05. The minimum atomic E-state index is 0.895. The van der Waals surface area contributed by atoms with E-state index in [0.717, 1.165) is 11.5 Å². The summed E-state index contributed by atoms with van der Waals surface area (Å²) in [5.74, 6) is 0.895. The molecule has 2 rings (SSSR count). The molecule has 2 heteroatoms. The fraction of sp³-hybridized carbons (Fsp3) is 0.200. The SMILES string of the molecule is Cc1cc(-c2ccco2)[nH]c1C. The first-order chi connectivity index (χ1) is 5.77. The van der Waals surface area contributed by atoms with Gasteiger partial charge in [0.2, 0.25) is 0 Å². The average Bonchev–Trinajstić information content (AvgIpc) is 2.61. The number of nitrogens with one attached hydrogen (secondary N) is 1. The second-order valence-corrected chi connectivity index (χ2v) is 2.97. The Bertz CT molecular complexity index is 351. The molecule has 0 aliphatic heterocycles. The zero-order chi connectivity index (χ0) is 8.55. The van der Waals surface area contributed by atoms with Crippen molar-refractivity contribution in [2.24, 2.45) is 0 Å². The van der Waals surface area contributed by atoms with Crippen LogP contribution in [0, 0.1) is 13.8 Å². The van der Waals surface area contributed by atoms with E-state index in [1.807, 2.05) is 12.1 Å². The smallest absolute Gasteiger partial charge is 0.150 e. The van der Waals surface area contributed by atoms with Crippen LogP contribution >= 0.6 is 0 Å². The number of hydrogen-bond acceptors (Lipinski definition) is 1. The Balaban J connectivity index is 2.48. The molecule has 0 radical (unpaired) electrons. The molecule has 0 aromatic carbocycles. The summed E-state index contributed by atoms with van der Waals surface area (Å²) < 4.78 is 5.26. The van der Waals surface area contributed by atoms with Gasteiger partial charge in [0.15, 0.2) is 0 Å². The Morgan fingerprint density at radius 1 is 1.33 bits per heavy atom. The fourth-order valence-electron chi connectivity index (χ4n) is 1.23. The molecule has 12 heavy (non-hydrogen) atoms. The molecule has 0 bridgehead atoms. The number of rotatable bonds is 1. The van der Waals surface area contributed by atoms with Gasteiger partial charge in [-0.3, -0.25) is 0 Å². The van der Waals surface area contributed by atoms with E-state index in [1.54, 1.807) is 6.26 Å². The van der Waals surface area contributed by atoms with Crippen molar-refractivity contribution in [3.8, 4) is 11.5 Å². The topological polar surface area (TPSA) is 28.9 Å². The van der Waals surface area contributed by atoms with E-state index >= 15 is 0 Å². The highest BCUT2D eigenvalue weighted by molar-refractivity contribution is 5.54. The van der Waals surface area contributed by atoms with Gasteiger partial charge in [-0.2, -0.15) is 0 Å². The molecule has 0 aliphatic carbocycles. The van der Waals surface area contributed by atoms with Crippen LogP contribution in [0.2, 0.25) is 0 Å². The zero-order valence-electron chi connectivity index (χ0n) is 7.22. The molecule has 1 N–H and O–H groups in total. The second-order valence-electron chi connectivity index (χ2n) is 2.97. The van der Waals surface area contributed by atoms with Crippen LogP contribution in [0.15, 0.2) is 28.9 Å². The monoisotopic (exact) mass is 161 g/mol. The largest absolute Gasteiger partial charge is 0.463 e. The number of aromatic nitrogens is 1. The Labute approximate surface area is 71.2 Å². The highest BCUT2D eigenvalue weighted by atomic mass is 16.3. The molecule has 0 fully saturated rings. The van der Waals surface area contributed by atoms with E-state index in [4.69, 9.17) is 4.42 Å². The average molecular weight is 161 g/mol. The van der Waals surface area contributed by atoms with Crippen LogP contribution in [0.25, 0.3) is 11.5 Å². The van der Waals surface area contributed by atoms with Crippen molar-refractivity contribution in [1.29, 1.82) is 0 Å². The molecule has 0 saturated heterocycles. The van der Waals surface area contributed by atoms with Crippen LogP contribution < -0.4 is 0 Å². The van der Waals surface area contributed by atoms with Gasteiger partial charge in [0.25, 0.3) is 0 Å². The predicted octanol–water partition coefficient (Wildman–Crippen LogP) is 2.89. The summed E-state index contributed by atoms with van der Waals surface area (Å²) in [5.41, 5.74) is 3.51. The number of H-pyrrole nitrogens is 1. The molecule has 0 saturated carbocycles. The molecule has 2 nitrogen and oxygen atoms in total. The van der Waals surface area contributed by atoms with E-state index < -0.39 is 0 Å². The Hall–Kier alpha value is -1.44. The third-order valence-corrected chi connectivity index (χ3v) is 2.06. The predicted molar refractivity (Wildman–Crippen MR) is 48.0 cm³/mol. The molecule has 2 heterocycles. The lowest BCUT2D eigenvalue weighted by Gasteiger charge is -1.88. The summed E-state index contributed by atoms with van der Waals surface area (Å²) in [6, 6.07) is 5.93. The Kier molecular flexibility index (Phi) is 1.54. The Morgan fingerprint density at radius 2 is 2.17 bits per heavy atom. The normalized spacial score (nSPS) is 10.5. The van der Waals surface area contributed by atoms with Gasteiger partial charge in [0.1, 0.15) is 5.76 Å². The summed E-state index contributed by atoms with van der Waals surface area (Å²) in [6.07, 6.45) is 1.68. The van der Waals surface area contributed by atoms with E-state index in [1.165, 1.54) is 11.3 Å². The summed E-state index contributed by atoms with van der Waals surface area (Å²) in [5, 5.41) is 0. The quantitative estimate of drug-likeness (QED) is 0.684. The minimum Gasteiger partial charge on any atom is -0.463 e. The lowest BCUT2D eigenvalue weighted by atomic mass is 10.2. The van der Waals surface area contributed by atoms with Gasteiger partial charge >= 0.3 is 0 Å². The molecular weight excluding hydrogens is 150 g/mol. The minimum absolute atomic E-state index is 0.895. The lowest BCUT2D eigenvalue weighted by Crippen LogP contribution is -1.73. The third-order valence-electron chi connectivity index (χ3n) is 2.06. The molecule has 0 unspecified atom stereocenters. The summed E-state index contributed by atoms with van der Waals surface area (Å²) in [4.78, 5) is 3.25. The van der Waals surface area contributed by atoms with Gasteiger partial charge < -0.3 is 9.40 Å². The first kappa shape index (κ1) is 7.22. The standard InChI is InChI=1S/C10H11NO/c1-7-6-9(11-8(7)2)10-4-3-5-12-10/h3-6,11H,1-2H3. The van der Waals surface area contributed by atoms with Gasteiger partial charge in [0, 0.05) is 5.69 Å². The van der Waals surface area contributed by atoms with Crippen molar-refractivity contribution in [1.82, 2.24) is 4.98 Å². The number of aromatic amines is 1. The van der Waals surface area contributed by atoms with Crippen LogP contribution in [0.5, 0.6) is 0 Å². The maximum atomic E-state index is 5.26. The molecule has 0 amide bonds. The zero-order valence-corrected chi connectivity index (χ0v) is 7.22. The van der Waals surface area contributed by atoms with Crippen LogP contribution in [0.3, 0.4) is 0 Å². The van der Waals surface area contributed by atoms with Crippen LogP contribution in [-0.4, -0.2) is 4.98 Å². The van der Waals surface area contributed by atoms with Crippen LogP contribution in [0.1, 0.15) is 11.3 Å². The van der Waals surface area contributed by atoms with E-state index in [0.29, 0.717) is 0 Å². The second kappa shape index (κ2) is 2.55. The first-order valence-corrected chi connectivity index (χ1v) is 3.97. The van der Waals surface area contributed by atoms with Crippen molar-refractivity contribution < 1.29 is 4.42 Å². The van der Waals surface area contributed by atoms with E-state index in [-0.39, 0.29) is 0 Å². The van der Waals surface area contributed by atoms with Crippen molar-refractivity contribution in [2.45, 2.75) is 13.8 Å². The van der Waals surface area contributed by atoms with Gasteiger partial charge in [-0.25, -0.2) is 0 Å². The number of furan rings is 1. The van der Waals surface area contributed by atoms with Crippen LogP contribution in [0.4, 0.5) is 0 Å². The van der Waals surface area contributed by atoms with Crippen molar-refractivity contribution >= 4 is 0 Å². The molecule has 0 aliphatic rings. The number of hydrogen-bond donors (Lipinski definition) is 1. The van der Waals surface area contributed by atoms with Crippen molar-refractivity contribution in [2.75, 3.05) is 0 Å². The fourth-order valence-corrected chi connectivity index (χ4v) is 1.23. The van der Waals surface area contributed by atoms with Crippen molar-refractivity contribution in [3.05, 3.63) is 35.7 Å². The first-order valence-electron chi connectivity index (χ1n) is 3.97. The maximum Gasteiger partial charge on any atom is 0.150 e. The highest BCUT2D eigenvalue weighted by Crippen LogP contribution is 2.20. The molecule has 2 aromatic heterocycles. The van der Waals surface area contributed by atoms with Crippen LogP contribution in [-0.2, 0) is 0 Å². The molecule has 0 atom stereocenters. The molecule has 2 aromatic rings. The molecule has 62 valence electrons. The molecule has 0 spiro atoms. The van der Waals surface area contributed by atoms with Gasteiger partial charge in [-0.15, -0.1) is 0 Å². The number of aryl methyl sites for hydroxylation is 2. The maximum absolute atomic E-state index is 5.26. The summed E-state index contributed by atoms with van der Waals surface area (Å²) >= 11 is 0. The van der Waals surface area contributed by atoms with Gasteiger partial charge in [0.05, 0.1) is 12.0 Å². The summed E-state index contributed by atoms with van der Waals surface area (Å²) in [7, 11) is 0. The van der Waals surface area contributed by atoms with Crippen molar-refractivity contribution in [3.63, 3.8) is 0 Å².